The third-order valence-electron chi connectivity index (χ3n) is 3.92. The molecule has 0 bridgehead atoms. The molecule has 0 aromatic heterocycles. The van der Waals surface area contributed by atoms with E-state index in [1.54, 1.807) is 62.4 Å². The predicted molar refractivity (Wildman–Crippen MR) is 113 cm³/mol. The number of rotatable bonds is 7. The highest BCUT2D eigenvalue weighted by Gasteiger charge is 2.16. The molecule has 29 heavy (non-hydrogen) atoms. The Morgan fingerprint density at radius 2 is 1.48 bits per heavy atom. The first-order valence-electron chi connectivity index (χ1n) is 9.11. The smallest absolute Gasteiger partial charge is 0.259 e. The van der Waals surface area contributed by atoms with Gasteiger partial charge in [-0.05, 0) is 62.4 Å². The summed E-state index contributed by atoms with van der Waals surface area (Å²) in [6, 6.07) is 21.9. The minimum Gasteiger partial charge on any atom is -0.457 e. The van der Waals surface area contributed by atoms with Gasteiger partial charge in [0.05, 0.1) is 10.5 Å². The molecule has 0 aliphatic heterocycles. The van der Waals surface area contributed by atoms with Crippen LogP contribution < -0.4 is 14.8 Å². The number of hydrogen-bond donors (Lipinski definition) is 2. The van der Waals surface area contributed by atoms with Crippen molar-refractivity contribution in [3.63, 3.8) is 0 Å². The maximum absolute atomic E-state index is 12.7. The van der Waals surface area contributed by atoms with Gasteiger partial charge in [0.2, 0.25) is 10.0 Å². The Hall–Kier alpha value is -3.16. The number of para-hydroxylation sites is 2. The summed E-state index contributed by atoms with van der Waals surface area (Å²) in [6.07, 6.45) is 0. The molecule has 7 heteroatoms. The molecule has 3 rings (SSSR count). The quantitative estimate of drug-likeness (QED) is 0.604. The summed E-state index contributed by atoms with van der Waals surface area (Å²) in [5, 5.41) is 2.77. The normalized spacial score (nSPS) is 11.3. The maximum atomic E-state index is 12.7. The molecule has 2 N–H and O–H groups in total. The van der Waals surface area contributed by atoms with Gasteiger partial charge in [-0.3, -0.25) is 4.79 Å². The molecule has 0 fully saturated rings. The zero-order valence-electron chi connectivity index (χ0n) is 16.1. The molecule has 3 aromatic carbocycles. The van der Waals surface area contributed by atoms with Crippen LogP contribution in [0.15, 0.2) is 83.8 Å². The lowest BCUT2D eigenvalue weighted by Crippen LogP contribution is -2.30. The van der Waals surface area contributed by atoms with Crippen LogP contribution in [0.1, 0.15) is 24.2 Å². The molecule has 1 amide bonds. The molecular formula is C22H22N2O4S. The highest BCUT2D eigenvalue weighted by atomic mass is 32.2. The molecule has 0 saturated heterocycles. The van der Waals surface area contributed by atoms with Crippen LogP contribution in [-0.4, -0.2) is 20.4 Å². The molecule has 0 spiro atoms. The van der Waals surface area contributed by atoms with Gasteiger partial charge in [-0.2, -0.15) is 0 Å². The van der Waals surface area contributed by atoms with Crippen LogP contribution in [0, 0.1) is 0 Å². The van der Waals surface area contributed by atoms with Crippen LogP contribution >= 0.6 is 0 Å². The van der Waals surface area contributed by atoms with Crippen LogP contribution in [0.3, 0.4) is 0 Å². The monoisotopic (exact) mass is 410 g/mol. The third-order valence-corrected chi connectivity index (χ3v) is 5.59. The number of carbonyl (C=O) groups excluding carboxylic acids is 1. The van der Waals surface area contributed by atoms with E-state index in [0.717, 1.165) is 0 Å². The van der Waals surface area contributed by atoms with Crippen LogP contribution in [0.25, 0.3) is 0 Å². The largest absolute Gasteiger partial charge is 0.457 e. The number of carbonyl (C=O) groups is 1. The molecule has 6 nitrogen and oxygen atoms in total. The molecule has 0 saturated carbocycles. The Morgan fingerprint density at radius 3 is 2.14 bits per heavy atom. The Balaban J connectivity index is 1.76. The van der Waals surface area contributed by atoms with Gasteiger partial charge in [0.15, 0.2) is 0 Å². The number of amides is 1. The summed E-state index contributed by atoms with van der Waals surface area (Å²) in [5.74, 6) is 0.698. The molecule has 0 unspecified atom stereocenters. The van der Waals surface area contributed by atoms with Crippen molar-refractivity contribution in [1.29, 1.82) is 0 Å². The first kappa shape index (κ1) is 20.6. The van der Waals surface area contributed by atoms with E-state index in [-0.39, 0.29) is 16.8 Å². The summed E-state index contributed by atoms with van der Waals surface area (Å²) in [5.41, 5.74) is 0.850. The Kier molecular flexibility index (Phi) is 6.31. The second-order valence-corrected chi connectivity index (χ2v) is 8.38. The van der Waals surface area contributed by atoms with E-state index in [1.807, 2.05) is 18.2 Å². The summed E-state index contributed by atoms with van der Waals surface area (Å²) in [7, 11) is -3.58. The fourth-order valence-electron chi connectivity index (χ4n) is 2.65. The van der Waals surface area contributed by atoms with Gasteiger partial charge in [-0.25, -0.2) is 13.1 Å². The first-order chi connectivity index (χ1) is 13.8. The van der Waals surface area contributed by atoms with Crippen molar-refractivity contribution in [2.45, 2.75) is 24.8 Å². The number of nitrogens with one attached hydrogen (secondary N) is 2. The first-order valence-corrected chi connectivity index (χ1v) is 10.6. The van der Waals surface area contributed by atoms with Crippen LogP contribution in [-0.2, 0) is 10.0 Å². The lowest BCUT2D eigenvalue weighted by atomic mass is 10.2. The molecule has 150 valence electrons. The minimum atomic E-state index is -3.58. The summed E-state index contributed by atoms with van der Waals surface area (Å²) in [4.78, 5) is 12.9. The van der Waals surface area contributed by atoms with Gasteiger partial charge in [0, 0.05) is 11.7 Å². The molecule has 0 heterocycles. The Bertz CT molecular complexity index is 1080. The van der Waals surface area contributed by atoms with Gasteiger partial charge in [0.1, 0.15) is 11.5 Å². The van der Waals surface area contributed by atoms with Gasteiger partial charge in [-0.1, -0.05) is 30.3 Å². The number of anilines is 1. The molecule has 0 radical (unpaired) electrons. The van der Waals surface area contributed by atoms with E-state index in [0.29, 0.717) is 22.7 Å². The zero-order chi connectivity index (χ0) is 20.9. The molecular weight excluding hydrogens is 388 g/mol. The highest BCUT2D eigenvalue weighted by Crippen LogP contribution is 2.26. The Morgan fingerprint density at radius 1 is 0.862 bits per heavy atom. The summed E-state index contributed by atoms with van der Waals surface area (Å²) < 4.78 is 32.7. The summed E-state index contributed by atoms with van der Waals surface area (Å²) >= 11 is 0. The van der Waals surface area contributed by atoms with Crippen molar-refractivity contribution in [2.24, 2.45) is 0 Å². The minimum absolute atomic E-state index is 0.136. The average molecular weight is 410 g/mol. The van der Waals surface area contributed by atoms with E-state index < -0.39 is 10.0 Å². The van der Waals surface area contributed by atoms with Gasteiger partial charge in [-0.15, -0.1) is 0 Å². The van der Waals surface area contributed by atoms with Crippen molar-refractivity contribution in [3.8, 4) is 11.5 Å². The number of ether oxygens (including phenoxy) is 1. The summed E-state index contributed by atoms with van der Waals surface area (Å²) in [6.45, 7) is 3.50. The molecule has 3 aromatic rings. The number of hydrogen-bond acceptors (Lipinski definition) is 4. The van der Waals surface area contributed by atoms with E-state index in [1.165, 1.54) is 12.1 Å². The second-order valence-electron chi connectivity index (χ2n) is 6.67. The van der Waals surface area contributed by atoms with Crippen molar-refractivity contribution in [1.82, 2.24) is 4.72 Å². The van der Waals surface area contributed by atoms with Crippen LogP contribution in [0.2, 0.25) is 0 Å². The average Bonchev–Trinajstić information content (AvgIpc) is 2.68. The van der Waals surface area contributed by atoms with Crippen molar-refractivity contribution in [2.75, 3.05) is 5.32 Å². The zero-order valence-corrected chi connectivity index (χ0v) is 16.9. The number of benzene rings is 3. The SMILES string of the molecule is CC(C)NS(=O)(=O)c1ccc(NC(=O)c2ccccc2Oc2ccccc2)cc1. The predicted octanol–water partition coefficient (Wildman–Crippen LogP) is 4.42. The third kappa shape index (κ3) is 5.43. The number of sulfonamides is 1. The molecule has 0 atom stereocenters. The van der Waals surface area contributed by atoms with Crippen molar-refractivity contribution < 1.29 is 17.9 Å². The lowest BCUT2D eigenvalue weighted by molar-refractivity contribution is 0.102. The highest BCUT2D eigenvalue weighted by molar-refractivity contribution is 7.89. The molecule has 0 aliphatic rings. The van der Waals surface area contributed by atoms with Crippen LogP contribution in [0.4, 0.5) is 5.69 Å². The van der Waals surface area contributed by atoms with E-state index in [4.69, 9.17) is 4.74 Å². The second kappa shape index (κ2) is 8.89. The van der Waals surface area contributed by atoms with Gasteiger partial charge >= 0.3 is 0 Å². The van der Waals surface area contributed by atoms with E-state index >= 15 is 0 Å². The fraction of sp³-hybridized carbons (Fsp3) is 0.136. The van der Waals surface area contributed by atoms with E-state index in [9.17, 15) is 13.2 Å². The Labute approximate surface area is 170 Å². The maximum Gasteiger partial charge on any atom is 0.259 e. The topological polar surface area (TPSA) is 84.5 Å². The van der Waals surface area contributed by atoms with Gasteiger partial charge < -0.3 is 10.1 Å². The fourth-order valence-corrected chi connectivity index (χ4v) is 3.90. The van der Waals surface area contributed by atoms with Crippen LogP contribution in [0.5, 0.6) is 11.5 Å². The lowest BCUT2D eigenvalue weighted by Gasteiger charge is -2.12. The van der Waals surface area contributed by atoms with Crippen molar-refractivity contribution in [3.05, 3.63) is 84.4 Å². The standard InChI is InChI=1S/C22H22N2O4S/c1-16(2)24-29(26,27)19-14-12-17(13-15-19)23-22(25)20-10-6-7-11-21(20)28-18-8-4-3-5-9-18/h3-16,24H,1-2H3,(H,23,25). The van der Waals surface area contributed by atoms with E-state index in [2.05, 4.69) is 10.0 Å². The molecule has 0 aliphatic carbocycles. The van der Waals surface area contributed by atoms with Gasteiger partial charge in [0.25, 0.3) is 5.91 Å². The van der Waals surface area contributed by atoms with Crippen molar-refractivity contribution >= 4 is 21.6 Å².